The summed E-state index contributed by atoms with van der Waals surface area (Å²) in [6, 6.07) is 8.31. The minimum absolute atomic E-state index is 0.120. The van der Waals surface area contributed by atoms with Gasteiger partial charge in [-0.1, -0.05) is 44.0 Å². The molecule has 0 aliphatic heterocycles. The molecule has 9 heteroatoms. The lowest BCUT2D eigenvalue weighted by atomic mass is 10.1. The zero-order valence-electron chi connectivity index (χ0n) is 17.6. The van der Waals surface area contributed by atoms with Crippen molar-refractivity contribution < 1.29 is 9.47 Å². The number of aromatic nitrogens is 4. The summed E-state index contributed by atoms with van der Waals surface area (Å²) >= 11 is 0. The van der Waals surface area contributed by atoms with E-state index in [1.165, 1.54) is 29.4 Å². The van der Waals surface area contributed by atoms with E-state index in [9.17, 15) is 4.79 Å². The van der Waals surface area contributed by atoms with E-state index in [1.54, 1.807) is 7.11 Å². The molecule has 162 valence electrons. The van der Waals surface area contributed by atoms with Crippen LogP contribution >= 0.6 is 0 Å². The van der Waals surface area contributed by atoms with Crippen molar-refractivity contribution >= 4 is 17.0 Å². The molecule has 3 aromatic rings. The molecule has 0 spiro atoms. The number of ether oxygens (including phenoxy) is 2. The second kappa shape index (κ2) is 10.7. The Balaban J connectivity index is 1.71. The highest BCUT2D eigenvalue weighted by atomic mass is 16.5. The molecule has 0 saturated carbocycles. The van der Waals surface area contributed by atoms with E-state index in [0.717, 1.165) is 18.7 Å². The van der Waals surface area contributed by atoms with E-state index in [4.69, 9.17) is 15.2 Å². The van der Waals surface area contributed by atoms with E-state index < -0.39 is 0 Å². The molecule has 0 bridgehead atoms. The van der Waals surface area contributed by atoms with Crippen LogP contribution in [0.1, 0.15) is 37.3 Å². The Hall–Kier alpha value is -2.91. The lowest BCUT2D eigenvalue weighted by Gasteiger charge is -2.08. The van der Waals surface area contributed by atoms with E-state index in [2.05, 4.69) is 39.3 Å². The minimum atomic E-state index is -0.290. The fourth-order valence-electron chi connectivity index (χ4n) is 3.14. The number of hydrogen-bond donors (Lipinski definition) is 3. The predicted octanol–water partition coefficient (Wildman–Crippen LogP) is 2.06. The maximum atomic E-state index is 12.5. The van der Waals surface area contributed by atoms with Gasteiger partial charge >= 0.3 is 11.7 Å². The van der Waals surface area contributed by atoms with Crippen LogP contribution in [0.5, 0.6) is 6.01 Å². The van der Waals surface area contributed by atoms with E-state index in [0.29, 0.717) is 30.9 Å². The number of unbranched alkanes of at least 4 members (excludes halogenated alkanes) is 2. The number of nitrogens with two attached hydrogens (primary N) is 1. The average Bonchev–Trinajstić information content (AvgIpc) is 3.05. The quantitative estimate of drug-likeness (QED) is 0.388. The van der Waals surface area contributed by atoms with E-state index in [-0.39, 0.29) is 17.5 Å². The maximum Gasteiger partial charge on any atom is 0.328 e. The van der Waals surface area contributed by atoms with Crippen molar-refractivity contribution in [1.29, 1.82) is 0 Å². The fourth-order valence-corrected chi connectivity index (χ4v) is 3.14. The number of rotatable bonds is 12. The third-order valence-electron chi connectivity index (χ3n) is 4.80. The van der Waals surface area contributed by atoms with Crippen LogP contribution in [0.25, 0.3) is 11.2 Å². The minimum Gasteiger partial charge on any atom is -0.461 e. The molecule has 2 heterocycles. The van der Waals surface area contributed by atoms with Crippen molar-refractivity contribution in [2.75, 3.05) is 32.6 Å². The third kappa shape index (κ3) is 5.58. The lowest BCUT2D eigenvalue weighted by molar-refractivity contribution is 0.141. The molecule has 0 fully saturated rings. The van der Waals surface area contributed by atoms with Crippen LogP contribution in [0, 0.1) is 0 Å². The van der Waals surface area contributed by atoms with Gasteiger partial charge < -0.3 is 25.5 Å². The zero-order valence-corrected chi connectivity index (χ0v) is 17.6. The smallest absolute Gasteiger partial charge is 0.328 e. The molecule has 0 unspecified atom stereocenters. The number of H-pyrrole nitrogens is 1. The Labute approximate surface area is 175 Å². The van der Waals surface area contributed by atoms with Crippen molar-refractivity contribution in [2.24, 2.45) is 0 Å². The molecular weight excluding hydrogens is 384 g/mol. The van der Waals surface area contributed by atoms with Crippen LogP contribution < -0.4 is 21.5 Å². The van der Waals surface area contributed by atoms with Gasteiger partial charge in [0.2, 0.25) is 0 Å². The molecular formula is C21H30N6O3. The van der Waals surface area contributed by atoms with Gasteiger partial charge in [-0.25, -0.2) is 4.79 Å². The lowest BCUT2D eigenvalue weighted by Crippen LogP contribution is -2.18. The third-order valence-corrected chi connectivity index (χ3v) is 4.80. The van der Waals surface area contributed by atoms with Gasteiger partial charge in [-0.2, -0.15) is 9.97 Å². The van der Waals surface area contributed by atoms with Crippen molar-refractivity contribution in [2.45, 2.75) is 39.3 Å². The number of hydrogen-bond acceptors (Lipinski definition) is 7. The molecule has 0 amide bonds. The molecule has 0 aliphatic carbocycles. The van der Waals surface area contributed by atoms with Crippen molar-refractivity contribution in [3.05, 3.63) is 45.9 Å². The first-order valence-electron chi connectivity index (χ1n) is 10.3. The maximum absolute atomic E-state index is 12.5. The Kier molecular flexibility index (Phi) is 7.81. The van der Waals surface area contributed by atoms with Gasteiger partial charge in [0, 0.05) is 13.7 Å². The van der Waals surface area contributed by atoms with Crippen molar-refractivity contribution in [3.8, 4) is 6.01 Å². The molecule has 1 aromatic carbocycles. The second-order valence-electron chi connectivity index (χ2n) is 7.15. The number of anilines is 1. The van der Waals surface area contributed by atoms with Crippen LogP contribution in [-0.2, 0) is 17.8 Å². The number of fused-ring (bicyclic) bond motifs is 1. The number of nitrogen functional groups attached to an aromatic ring is 1. The average molecular weight is 415 g/mol. The first kappa shape index (κ1) is 21.8. The summed E-state index contributed by atoms with van der Waals surface area (Å²) in [7, 11) is 1.58. The van der Waals surface area contributed by atoms with E-state index in [1.807, 2.05) is 12.1 Å². The van der Waals surface area contributed by atoms with E-state index >= 15 is 0 Å². The summed E-state index contributed by atoms with van der Waals surface area (Å²) in [6.45, 7) is 5.13. The van der Waals surface area contributed by atoms with Crippen LogP contribution in [0.2, 0.25) is 0 Å². The number of aromatic amines is 1. The molecule has 0 saturated heterocycles. The first-order chi connectivity index (χ1) is 14.6. The Morgan fingerprint density at radius 3 is 2.63 bits per heavy atom. The second-order valence-corrected chi connectivity index (χ2v) is 7.15. The summed E-state index contributed by atoms with van der Waals surface area (Å²) in [5.74, 6) is 0.174. The van der Waals surface area contributed by atoms with Crippen LogP contribution in [0.4, 0.5) is 5.82 Å². The van der Waals surface area contributed by atoms with Gasteiger partial charge in [0.15, 0.2) is 11.5 Å². The standard InChI is InChI=1S/C21H30N6O3/c1-3-4-5-10-23-13-15-6-8-16(9-7-15)14-27-19-17(24-21(27)28)18(22)25-20(26-19)30-12-11-29-2/h6-9,23H,3-5,10-14H2,1-2H3,(H,24,28)(H2,22,25,26). The number of nitrogens with one attached hydrogen (secondary N) is 2. The SMILES string of the molecule is CCCCCNCc1ccc(Cn2c(=O)[nH]c3c(N)nc(OCCOC)nc32)cc1. The fraction of sp³-hybridized carbons (Fsp3) is 0.476. The highest BCUT2D eigenvalue weighted by Crippen LogP contribution is 2.18. The number of benzene rings is 1. The highest BCUT2D eigenvalue weighted by molar-refractivity contribution is 5.81. The summed E-state index contributed by atoms with van der Waals surface area (Å²) in [4.78, 5) is 23.7. The van der Waals surface area contributed by atoms with Crippen molar-refractivity contribution in [3.63, 3.8) is 0 Å². The summed E-state index contributed by atoms with van der Waals surface area (Å²) in [6.07, 6.45) is 3.67. The molecule has 3 rings (SSSR count). The van der Waals surface area contributed by atoms with Gasteiger partial charge in [-0.05, 0) is 24.1 Å². The Bertz CT molecular complexity index is 996. The largest absolute Gasteiger partial charge is 0.461 e. The van der Waals surface area contributed by atoms with Gasteiger partial charge in [-0.15, -0.1) is 0 Å². The molecule has 2 aromatic heterocycles. The molecule has 30 heavy (non-hydrogen) atoms. The molecule has 0 atom stereocenters. The summed E-state index contributed by atoms with van der Waals surface area (Å²) in [5, 5.41) is 3.45. The van der Waals surface area contributed by atoms with Crippen LogP contribution in [0.3, 0.4) is 0 Å². The number of nitrogens with zero attached hydrogens (tertiary/aromatic N) is 3. The van der Waals surface area contributed by atoms with Crippen LogP contribution in [-0.4, -0.2) is 46.4 Å². The molecule has 0 radical (unpaired) electrons. The first-order valence-corrected chi connectivity index (χ1v) is 10.3. The molecule has 9 nitrogen and oxygen atoms in total. The van der Waals surface area contributed by atoms with Gasteiger partial charge in [0.1, 0.15) is 12.1 Å². The molecule has 0 aliphatic rings. The predicted molar refractivity (Wildman–Crippen MR) is 117 cm³/mol. The van der Waals surface area contributed by atoms with Gasteiger partial charge in [0.25, 0.3) is 0 Å². The Morgan fingerprint density at radius 2 is 1.90 bits per heavy atom. The summed E-state index contributed by atoms with van der Waals surface area (Å²) < 4.78 is 12.0. The topological polar surface area (TPSA) is 120 Å². The summed E-state index contributed by atoms with van der Waals surface area (Å²) in [5.41, 5.74) is 8.72. The van der Waals surface area contributed by atoms with Gasteiger partial charge in [0.05, 0.1) is 13.2 Å². The highest BCUT2D eigenvalue weighted by Gasteiger charge is 2.15. The zero-order chi connectivity index (χ0) is 21.3. The molecule has 4 N–H and O–H groups in total. The monoisotopic (exact) mass is 414 g/mol. The normalized spacial score (nSPS) is 11.3. The Morgan fingerprint density at radius 1 is 1.13 bits per heavy atom. The number of methoxy groups -OCH3 is 1. The van der Waals surface area contributed by atoms with Gasteiger partial charge in [-0.3, -0.25) is 4.57 Å². The van der Waals surface area contributed by atoms with Crippen LogP contribution in [0.15, 0.2) is 29.1 Å². The van der Waals surface area contributed by atoms with Crippen molar-refractivity contribution in [1.82, 2.24) is 24.8 Å². The number of imidazole rings is 1.